The molecule has 10 heteroatoms. The molecule has 0 fully saturated rings. The number of rotatable bonds is 2. The third-order valence-electron chi connectivity index (χ3n) is 3.59. The Balaban J connectivity index is 1.63. The number of carbonyl (C=O) groups excluding carboxylic acids is 1. The van der Waals surface area contributed by atoms with Gasteiger partial charge in [-0.2, -0.15) is 13.2 Å². The third kappa shape index (κ3) is 3.95. The van der Waals surface area contributed by atoms with E-state index >= 15 is 0 Å². The van der Waals surface area contributed by atoms with Gasteiger partial charge in [0.25, 0.3) is 0 Å². The fourth-order valence-electron chi connectivity index (χ4n) is 2.26. The van der Waals surface area contributed by atoms with E-state index in [9.17, 15) is 22.4 Å². The largest absolute Gasteiger partial charge is 0.412 e. The molecule has 0 radical (unpaired) electrons. The summed E-state index contributed by atoms with van der Waals surface area (Å²) >= 11 is 0. The first kappa shape index (κ1) is 16.9. The van der Waals surface area contributed by atoms with Crippen LogP contribution < -0.4 is 5.32 Å². The van der Waals surface area contributed by atoms with E-state index in [-0.39, 0.29) is 31.4 Å². The summed E-state index contributed by atoms with van der Waals surface area (Å²) in [6.07, 6.45) is -3.68. The average molecular weight is 356 g/mol. The molecular formula is C15H12F4N4O2. The summed E-state index contributed by atoms with van der Waals surface area (Å²) in [5.74, 6) is -0.346. The standard InChI is InChI=1S/C15H12F4N4O2/c16-11-3-1-9(2-4-11)12-21-22-13(25-12)20-14(24)23-7-5-10(6-8-23)15(17,18)19/h1-5H,6-8H2,(H,20,22,24). The van der Waals surface area contributed by atoms with E-state index in [2.05, 4.69) is 15.5 Å². The Hall–Kier alpha value is -2.91. The molecule has 0 spiro atoms. The van der Waals surface area contributed by atoms with Gasteiger partial charge in [0, 0.05) is 24.2 Å². The lowest BCUT2D eigenvalue weighted by atomic mass is 10.1. The Kier molecular flexibility index (Phi) is 4.43. The molecule has 2 heterocycles. The van der Waals surface area contributed by atoms with Gasteiger partial charge < -0.3 is 9.32 Å². The minimum absolute atomic E-state index is 0.0733. The normalized spacial score (nSPS) is 15.0. The number of amides is 2. The molecule has 0 atom stereocenters. The van der Waals surface area contributed by atoms with Crippen LogP contribution in [0.2, 0.25) is 0 Å². The van der Waals surface area contributed by atoms with Gasteiger partial charge in [-0.3, -0.25) is 5.32 Å². The van der Waals surface area contributed by atoms with Gasteiger partial charge in [0.15, 0.2) is 0 Å². The molecule has 0 aliphatic carbocycles. The van der Waals surface area contributed by atoms with Gasteiger partial charge in [0.2, 0.25) is 5.89 Å². The summed E-state index contributed by atoms with van der Waals surface area (Å²) in [6.45, 7) is -0.240. The van der Waals surface area contributed by atoms with Crippen molar-refractivity contribution in [2.75, 3.05) is 18.4 Å². The van der Waals surface area contributed by atoms with E-state index in [0.29, 0.717) is 5.56 Å². The maximum Gasteiger partial charge on any atom is 0.412 e. The molecule has 2 amide bonds. The van der Waals surface area contributed by atoms with Crippen molar-refractivity contribution in [2.24, 2.45) is 0 Å². The van der Waals surface area contributed by atoms with Crippen molar-refractivity contribution < 1.29 is 26.8 Å². The smallest absolute Gasteiger partial charge is 0.403 e. The second-order valence-electron chi connectivity index (χ2n) is 5.27. The first-order chi connectivity index (χ1) is 11.8. The van der Waals surface area contributed by atoms with E-state index in [0.717, 1.165) is 6.08 Å². The minimum Gasteiger partial charge on any atom is -0.403 e. The number of nitrogens with zero attached hydrogens (tertiary/aromatic N) is 3. The summed E-state index contributed by atoms with van der Waals surface area (Å²) in [6, 6.07) is 4.46. The number of hydrogen-bond acceptors (Lipinski definition) is 4. The fraction of sp³-hybridized carbons (Fsp3) is 0.267. The van der Waals surface area contributed by atoms with Crippen molar-refractivity contribution in [2.45, 2.75) is 12.6 Å². The molecule has 0 unspecified atom stereocenters. The van der Waals surface area contributed by atoms with Crippen LogP contribution in [0.3, 0.4) is 0 Å². The van der Waals surface area contributed by atoms with Crippen LogP contribution in [0.4, 0.5) is 28.4 Å². The number of halogens is 4. The second kappa shape index (κ2) is 6.54. The molecule has 6 nitrogen and oxygen atoms in total. The molecule has 132 valence electrons. The van der Waals surface area contributed by atoms with Gasteiger partial charge >= 0.3 is 18.2 Å². The van der Waals surface area contributed by atoms with Crippen molar-refractivity contribution in [3.63, 3.8) is 0 Å². The average Bonchev–Trinajstić information content (AvgIpc) is 3.03. The van der Waals surface area contributed by atoms with Crippen LogP contribution in [0.25, 0.3) is 11.5 Å². The van der Waals surface area contributed by atoms with Crippen LogP contribution >= 0.6 is 0 Å². The number of aromatic nitrogens is 2. The molecule has 1 N–H and O–H groups in total. The zero-order valence-electron chi connectivity index (χ0n) is 12.7. The Morgan fingerprint density at radius 2 is 1.92 bits per heavy atom. The summed E-state index contributed by atoms with van der Waals surface area (Å²) in [5.41, 5.74) is -0.182. The van der Waals surface area contributed by atoms with Crippen molar-refractivity contribution in [3.8, 4) is 11.5 Å². The van der Waals surface area contributed by atoms with Gasteiger partial charge in [-0.1, -0.05) is 11.2 Å². The fourth-order valence-corrected chi connectivity index (χ4v) is 2.26. The van der Waals surface area contributed by atoms with Crippen LogP contribution in [-0.4, -0.2) is 40.4 Å². The first-order valence-electron chi connectivity index (χ1n) is 7.24. The summed E-state index contributed by atoms with van der Waals surface area (Å²) in [5, 5.41) is 9.69. The van der Waals surface area contributed by atoms with E-state index in [1.807, 2.05) is 0 Å². The van der Waals surface area contributed by atoms with Crippen molar-refractivity contribution in [3.05, 3.63) is 41.7 Å². The Morgan fingerprint density at radius 1 is 1.20 bits per heavy atom. The maximum absolute atomic E-state index is 12.9. The number of carbonyl (C=O) groups is 1. The number of nitrogens with one attached hydrogen (secondary N) is 1. The third-order valence-corrected chi connectivity index (χ3v) is 3.59. The van der Waals surface area contributed by atoms with Crippen molar-refractivity contribution >= 4 is 12.0 Å². The zero-order chi connectivity index (χ0) is 18.0. The molecule has 0 saturated carbocycles. The lowest BCUT2D eigenvalue weighted by molar-refractivity contribution is -0.0956. The van der Waals surface area contributed by atoms with Crippen molar-refractivity contribution in [1.29, 1.82) is 0 Å². The number of benzene rings is 1. The van der Waals surface area contributed by atoms with Crippen LogP contribution in [0.15, 0.2) is 40.3 Å². The molecule has 3 rings (SSSR count). The summed E-state index contributed by atoms with van der Waals surface area (Å²) < 4.78 is 55.8. The van der Waals surface area contributed by atoms with Crippen LogP contribution in [0.1, 0.15) is 6.42 Å². The quantitative estimate of drug-likeness (QED) is 0.659. The number of alkyl halides is 3. The molecule has 0 bridgehead atoms. The number of hydrogen-bond donors (Lipinski definition) is 1. The van der Waals surface area contributed by atoms with Gasteiger partial charge in [-0.15, -0.1) is 5.10 Å². The molecule has 1 aromatic carbocycles. The van der Waals surface area contributed by atoms with Crippen molar-refractivity contribution in [1.82, 2.24) is 15.1 Å². The van der Waals surface area contributed by atoms with Crippen LogP contribution in [0, 0.1) is 5.82 Å². The highest BCUT2D eigenvalue weighted by Crippen LogP contribution is 2.30. The highest BCUT2D eigenvalue weighted by molar-refractivity contribution is 5.87. The topological polar surface area (TPSA) is 71.3 Å². The molecule has 25 heavy (non-hydrogen) atoms. The van der Waals surface area contributed by atoms with E-state index < -0.39 is 23.6 Å². The SMILES string of the molecule is O=C(Nc1nnc(-c2ccc(F)cc2)o1)N1CC=C(C(F)(F)F)CC1. The lowest BCUT2D eigenvalue weighted by Crippen LogP contribution is -2.39. The molecule has 0 saturated heterocycles. The lowest BCUT2D eigenvalue weighted by Gasteiger charge is -2.26. The first-order valence-corrected chi connectivity index (χ1v) is 7.24. The Bertz CT molecular complexity index is 799. The Labute approximate surface area is 139 Å². The van der Waals surface area contributed by atoms with Gasteiger partial charge in [-0.05, 0) is 30.7 Å². The molecule has 1 aromatic heterocycles. The van der Waals surface area contributed by atoms with E-state index in [1.165, 1.54) is 29.2 Å². The summed E-state index contributed by atoms with van der Waals surface area (Å²) in [7, 11) is 0. The Morgan fingerprint density at radius 3 is 2.52 bits per heavy atom. The highest BCUT2D eigenvalue weighted by atomic mass is 19.4. The van der Waals surface area contributed by atoms with E-state index in [4.69, 9.17) is 4.42 Å². The van der Waals surface area contributed by atoms with E-state index in [1.54, 1.807) is 0 Å². The van der Waals surface area contributed by atoms with Crippen LogP contribution in [0.5, 0.6) is 0 Å². The number of urea groups is 1. The van der Waals surface area contributed by atoms with Gasteiger partial charge in [0.05, 0.1) is 0 Å². The molecule has 1 aliphatic heterocycles. The predicted octanol–water partition coefficient (Wildman–Crippen LogP) is 3.60. The molecular weight excluding hydrogens is 344 g/mol. The predicted molar refractivity (Wildman–Crippen MR) is 79.0 cm³/mol. The minimum atomic E-state index is -4.38. The monoisotopic (exact) mass is 356 g/mol. The highest BCUT2D eigenvalue weighted by Gasteiger charge is 2.35. The zero-order valence-corrected chi connectivity index (χ0v) is 12.7. The van der Waals surface area contributed by atoms with Crippen LogP contribution in [-0.2, 0) is 0 Å². The molecule has 2 aromatic rings. The van der Waals surface area contributed by atoms with Gasteiger partial charge in [0.1, 0.15) is 5.82 Å². The summed E-state index contributed by atoms with van der Waals surface area (Å²) in [4.78, 5) is 13.2. The van der Waals surface area contributed by atoms with Gasteiger partial charge in [-0.25, -0.2) is 9.18 Å². The molecule has 1 aliphatic rings. The second-order valence-corrected chi connectivity index (χ2v) is 5.27. The number of anilines is 1. The maximum atomic E-state index is 12.9.